The summed E-state index contributed by atoms with van der Waals surface area (Å²) in [4.78, 5) is 22.1. The van der Waals surface area contributed by atoms with Gasteiger partial charge < -0.3 is 15.7 Å². The Morgan fingerprint density at radius 1 is 1.35 bits per heavy atom. The number of carbonyl (C=O) groups excluding carboxylic acids is 1. The molecule has 0 radical (unpaired) electrons. The van der Waals surface area contributed by atoms with E-state index < -0.39 is 35.4 Å². The molecule has 1 unspecified atom stereocenters. The quantitative estimate of drug-likeness (QED) is 0.763. The van der Waals surface area contributed by atoms with Crippen molar-refractivity contribution in [3.05, 3.63) is 28.2 Å². The maximum Gasteiger partial charge on any atom is 0.319 e. The number of anilines is 1. The largest absolute Gasteiger partial charge is 0.481 e. The summed E-state index contributed by atoms with van der Waals surface area (Å²) in [5.41, 5.74) is -0.587. The number of hydrogen-bond acceptors (Lipinski definition) is 2. The molecule has 0 aromatic heterocycles. The first-order valence-electron chi connectivity index (χ1n) is 5.77. The van der Waals surface area contributed by atoms with E-state index in [-0.39, 0.29) is 10.9 Å². The molecule has 0 aliphatic rings. The van der Waals surface area contributed by atoms with Crippen LogP contribution in [0, 0.1) is 11.6 Å². The van der Waals surface area contributed by atoms with Crippen molar-refractivity contribution in [1.82, 2.24) is 5.32 Å². The monoisotopic (exact) mass is 350 g/mol. The van der Waals surface area contributed by atoms with Crippen molar-refractivity contribution in [2.45, 2.75) is 25.8 Å². The van der Waals surface area contributed by atoms with Gasteiger partial charge in [-0.3, -0.25) is 4.79 Å². The van der Waals surface area contributed by atoms with E-state index >= 15 is 0 Å². The molecule has 0 fully saturated rings. The molecular weight excluding hydrogens is 338 g/mol. The van der Waals surface area contributed by atoms with E-state index in [9.17, 15) is 18.4 Å². The summed E-state index contributed by atoms with van der Waals surface area (Å²) in [6.07, 6.45) is 0.111. The Morgan fingerprint density at radius 3 is 2.35 bits per heavy atom. The molecule has 0 aliphatic heterocycles. The van der Waals surface area contributed by atoms with Crippen LogP contribution in [-0.2, 0) is 4.79 Å². The Morgan fingerprint density at radius 2 is 1.90 bits per heavy atom. The number of hydrogen-bond donors (Lipinski definition) is 3. The van der Waals surface area contributed by atoms with Gasteiger partial charge in [-0.2, -0.15) is 0 Å². The van der Waals surface area contributed by atoms with E-state index in [2.05, 4.69) is 21.2 Å². The van der Waals surface area contributed by atoms with Crippen molar-refractivity contribution >= 4 is 33.6 Å². The highest BCUT2D eigenvalue weighted by Crippen LogP contribution is 2.23. The molecule has 0 aliphatic carbocycles. The topological polar surface area (TPSA) is 78.4 Å². The van der Waals surface area contributed by atoms with Crippen LogP contribution in [0.2, 0.25) is 0 Å². The lowest BCUT2D eigenvalue weighted by Crippen LogP contribution is -2.39. The molecular formula is C12H13BrF2N2O3. The molecule has 5 nitrogen and oxygen atoms in total. The minimum atomic E-state index is -1.07. The molecule has 0 saturated heterocycles. The van der Waals surface area contributed by atoms with E-state index in [0.29, 0.717) is 6.42 Å². The van der Waals surface area contributed by atoms with Crippen LogP contribution in [-0.4, -0.2) is 23.1 Å². The molecule has 1 aromatic rings. The minimum Gasteiger partial charge on any atom is -0.481 e. The Kier molecular flexibility index (Phi) is 5.87. The SMILES string of the molecule is CCC(CC(=O)O)NC(=O)Nc1c(F)cc(Br)cc1F. The van der Waals surface area contributed by atoms with Crippen LogP contribution in [0.3, 0.4) is 0 Å². The number of amides is 2. The molecule has 0 saturated carbocycles. The van der Waals surface area contributed by atoms with Gasteiger partial charge in [0.15, 0.2) is 11.6 Å². The third-order valence-electron chi connectivity index (χ3n) is 2.49. The van der Waals surface area contributed by atoms with Crippen molar-refractivity contribution < 1.29 is 23.5 Å². The number of benzene rings is 1. The van der Waals surface area contributed by atoms with Crippen molar-refractivity contribution in [3.63, 3.8) is 0 Å². The van der Waals surface area contributed by atoms with Gasteiger partial charge in [-0.25, -0.2) is 13.6 Å². The molecule has 8 heteroatoms. The molecule has 0 bridgehead atoms. The summed E-state index contributed by atoms with van der Waals surface area (Å²) in [7, 11) is 0. The fraction of sp³-hybridized carbons (Fsp3) is 0.333. The molecule has 2 amide bonds. The van der Waals surface area contributed by atoms with Crippen LogP contribution in [0.5, 0.6) is 0 Å². The van der Waals surface area contributed by atoms with Crippen molar-refractivity contribution in [3.8, 4) is 0 Å². The van der Waals surface area contributed by atoms with E-state index in [1.165, 1.54) is 0 Å². The lowest BCUT2D eigenvalue weighted by atomic mass is 10.1. The average Bonchev–Trinajstić information content (AvgIpc) is 2.32. The molecule has 1 rings (SSSR count). The Balaban J connectivity index is 2.73. The third kappa shape index (κ3) is 4.76. The molecule has 110 valence electrons. The summed E-state index contributed by atoms with van der Waals surface area (Å²) in [6, 6.07) is 0.535. The van der Waals surface area contributed by atoms with Crippen LogP contribution in [0.15, 0.2) is 16.6 Å². The lowest BCUT2D eigenvalue weighted by molar-refractivity contribution is -0.137. The van der Waals surface area contributed by atoms with E-state index in [4.69, 9.17) is 5.11 Å². The fourth-order valence-corrected chi connectivity index (χ4v) is 1.91. The van der Waals surface area contributed by atoms with Crippen LogP contribution in [0.4, 0.5) is 19.3 Å². The number of rotatable bonds is 5. The highest BCUT2D eigenvalue weighted by atomic mass is 79.9. The standard InChI is InChI=1S/C12H13BrF2N2O3/c1-2-7(5-10(18)19)16-12(20)17-11-8(14)3-6(13)4-9(11)15/h3-4,7H,2,5H2,1H3,(H,18,19)(H2,16,17,20). The van der Waals surface area contributed by atoms with Crippen molar-refractivity contribution in [1.29, 1.82) is 0 Å². The van der Waals surface area contributed by atoms with Crippen LogP contribution < -0.4 is 10.6 Å². The number of nitrogens with one attached hydrogen (secondary N) is 2. The van der Waals surface area contributed by atoms with Gasteiger partial charge in [0.25, 0.3) is 0 Å². The second-order valence-corrected chi connectivity index (χ2v) is 4.96. The minimum absolute atomic E-state index is 0.204. The highest BCUT2D eigenvalue weighted by molar-refractivity contribution is 9.10. The first kappa shape index (κ1) is 16.4. The number of aliphatic carboxylic acids is 1. The second kappa shape index (κ2) is 7.18. The molecule has 0 spiro atoms. The van der Waals surface area contributed by atoms with Gasteiger partial charge in [-0.05, 0) is 18.6 Å². The number of urea groups is 1. The van der Waals surface area contributed by atoms with Gasteiger partial charge in [-0.15, -0.1) is 0 Å². The van der Waals surface area contributed by atoms with Gasteiger partial charge in [0, 0.05) is 10.5 Å². The van der Waals surface area contributed by atoms with Crippen LogP contribution in [0.1, 0.15) is 19.8 Å². The summed E-state index contributed by atoms with van der Waals surface area (Å²) in [5.74, 6) is -2.94. The summed E-state index contributed by atoms with van der Waals surface area (Å²) >= 11 is 2.92. The lowest BCUT2D eigenvalue weighted by Gasteiger charge is -2.16. The van der Waals surface area contributed by atoms with Gasteiger partial charge in [-0.1, -0.05) is 22.9 Å². The van der Waals surface area contributed by atoms with E-state index in [0.717, 1.165) is 12.1 Å². The molecule has 0 heterocycles. The highest BCUT2D eigenvalue weighted by Gasteiger charge is 2.17. The fourth-order valence-electron chi connectivity index (χ4n) is 1.50. The Bertz CT molecular complexity index is 502. The maximum absolute atomic E-state index is 13.5. The average molecular weight is 351 g/mol. The van der Waals surface area contributed by atoms with Gasteiger partial charge in [0.2, 0.25) is 0 Å². The smallest absolute Gasteiger partial charge is 0.319 e. The molecule has 1 atom stereocenters. The predicted molar refractivity (Wildman–Crippen MR) is 72.5 cm³/mol. The normalized spacial score (nSPS) is 11.8. The summed E-state index contributed by atoms with van der Waals surface area (Å²) in [5, 5.41) is 13.0. The first-order valence-corrected chi connectivity index (χ1v) is 6.56. The van der Waals surface area contributed by atoms with Crippen molar-refractivity contribution in [2.24, 2.45) is 0 Å². The summed E-state index contributed by atoms with van der Waals surface area (Å²) < 4.78 is 27.2. The van der Waals surface area contributed by atoms with Gasteiger partial charge in [0.1, 0.15) is 5.69 Å². The molecule has 20 heavy (non-hydrogen) atoms. The Labute approximate surface area is 122 Å². The second-order valence-electron chi connectivity index (χ2n) is 4.05. The summed E-state index contributed by atoms with van der Waals surface area (Å²) in [6.45, 7) is 1.69. The zero-order chi connectivity index (χ0) is 15.3. The predicted octanol–water partition coefficient (Wildman–Crippen LogP) is 3.10. The number of carboxylic acid groups (broad SMARTS) is 1. The maximum atomic E-state index is 13.5. The third-order valence-corrected chi connectivity index (χ3v) is 2.95. The van der Waals surface area contributed by atoms with Crippen LogP contribution in [0.25, 0.3) is 0 Å². The Hall–Kier alpha value is -1.70. The van der Waals surface area contributed by atoms with E-state index in [1.807, 2.05) is 5.32 Å². The van der Waals surface area contributed by atoms with Crippen molar-refractivity contribution in [2.75, 3.05) is 5.32 Å². The molecule has 3 N–H and O–H groups in total. The van der Waals surface area contributed by atoms with E-state index in [1.54, 1.807) is 6.92 Å². The zero-order valence-electron chi connectivity index (χ0n) is 10.5. The van der Waals surface area contributed by atoms with Gasteiger partial charge in [0.05, 0.1) is 6.42 Å². The number of halogens is 3. The molecule has 1 aromatic carbocycles. The van der Waals surface area contributed by atoms with Crippen LogP contribution >= 0.6 is 15.9 Å². The number of carbonyl (C=O) groups is 2. The number of carboxylic acids is 1. The first-order chi connectivity index (χ1) is 9.33. The van der Waals surface area contributed by atoms with Gasteiger partial charge >= 0.3 is 12.0 Å². The zero-order valence-corrected chi connectivity index (χ0v) is 12.1.